The summed E-state index contributed by atoms with van der Waals surface area (Å²) in [6.07, 6.45) is 5.45. The van der Waals surface area contributed by atoms with Gasteiger partial charge >= 0.3 is 0 Å². The van der Waals surface area contributed by atoms with E-state index in [0.717, 1.165) is 43.2 Å². The third-order valence-corrected chi connectivity index (χ3v) is 5.05. The Labute approximate surface area is 164 Å². The van der Waals surface area contributed by atoms with Crippen LogP contribution in [0.25, 0.3) is 0 Å². The van der Waals surface area contributed by atoms with Gasteiger partial charge in [-0.15, -0.1) is 10.2 Å². The van der Waals surface area contributed by atoms with Gasteiger partial charge in [0.15, 0.2) is 0 Å². The second-order valence-electron chi connectivity index (χ2n) is 6.17. The molecule has 1 heterocycles. The van der Waals surface area contributed by atoms with E-state index in [-0.39, 0.29) is 17.3 Å². The van der Waals surface area contributed by atoms with E-state index in [1.807, 2.05) is 0 Å². The Kier molecular flexibility index (Phi) is 6.42. The van der Waals surface area contributed by atoms with Gasteiger partial charge in [0.2, 0.25) is 11.1 Å². The van der Waals surface area contributed by atoms with E-state index in [1.165, 1.54) is 35.4 Å². The van der Waals surface area contributed by atoms with Gasteiger partial charge in [-0.25, -0.2) is 10.1 Å². The zero-order valence-corrected chi connectivity index (χ0v) is 15.8. The molecule has 0 atom stereocenters. The summed E-state index contributed by atoms with van der Waals surface area (Å²) in [5.41, 5.74) is 4.34. The molecule has 1 saturated carbocycles. The lowest BCUT2D eigenvalue weighted by molar-refractivity contribution is -0.384. The fourth-order valence-electron chi connectivity index (χ4n) is 2.65. The molecule has 1 aromatic heterocycles. The quantitative estimate of drug-likeness (QED) is 0.275. The summed E-state index contributed by atoms with van der Waals surface area (Å²) in [4.78, 5) is 22.2. The average molecular weight is 404 g/mol. The molecule has 3 rings (SSSR count). The molecule has 148 valence electrons. The van der Waals surface area contributed by atoms with Crippen molar-refractivity contribution in [3.8, 4) is 0 Å². The number of nitro benzene ring substituents is 1. The molecule has 0 saturated heterocycles. The van der Waals surface area contributed by atoms with E-state index in [2.05, 4.69) is 26.0 Å². The number of nitro groups is 1. The van der Waals surface area contributed by atoms with Crippen molar-refractivity contribution >= 4 is 40.7 Å². The molecular weight excluding hydrogens is 384 g/mol. The van der Waals surface area contributed by atoms with Gasteiger partial charge < -0.3 is 11.2 Å². The van der Waals surface area contributed by atoms with E-state index in [4.69, 9.17) is 5.84 Å². The van der Waals surface area contributed by atoms with Crippen LogP contribution in [0.1, 0.15) is 32.1 Å². The van der Waals surface area contributed by atoms with Gasteiger partial charge in [-0.1, -0.05) is 18.2 Å². The van der Waals surface area contributed by atoms with Crippen LogP contribution < -0.4 is 16.6 Å². The SMILES string of the molecule is Nn1c(NN=C2CCCCC2)nnc1SCC(=O)Nc1ccc([N+](=O)[O-])cc1. The van der Waals surface area contributed by atoms with Crippen LogP contribution in [0.2, 0.25) is 0 Å². The molecule has 0 radical (unpaired) electrons. The van der Waals surface area contributed by atoms with Gasteiger partial charge in [-0.3, -0.25) is 14.9 Å². The predicted molar refractivity (Wildman–Crippen MR) is 107 cm³/mol. The molecule has 28 heavy (non-hydrogen) atoms. The number of thioether (sulfide) groups is 1. The van der Waals surface area contributed by atoms with Crippen LogP contribution in [0.5, 0.6) is 0 Å². The molecule has 1 aliphatic rings. The van der Waals surface area contributed by atoms with Crippen molar-refractivity contribution in [3.63, 3.8) is 0 Å². The minimum absolute atomic E-state index is 0.0413. The number of hydrogen-bond donors (Lipinski definition) is 3. The van der Waals surface area contributed by atoms with E-state index in [9.17, 15) is 14.9 Å². The van der Waals surface area contributed by atoms with Crippen molar-refractivity contribution in [2.24, 2.45) is 5.10 Å². The molecule has 11 nitrogen and oxygen atoms in total. The number of amides is 1. The maximum absolute atomic E-state index is 12.1. The fraction of sp³-hybridized carbons (Fsp3) is 0.375. The van der Waals surface area contributed by atoms with Gasteiger partial charge in [-0.2, -0.15) is 5.10 Å². The highest BCUT2D eigenvalue weighted by Crippen LogP contribution is 2.19. The number of anilines is 2. The van der Waals surface area contributed by atoms with Crippen LogP contribution in [0, 0.1) is 10.1 Å². The normalized spacial score (nSPS) is 13.8. The number of nitrogens with two attached hydrogens (primary N) is 1. The Bertz CT molecular complexity index is 873. The second kappa shape index (κ2) is 9.17. The molecule has 0 spiro atoms. The smallest absolute Gasteiger partial charge is 0.269 e. The molecule has 1 aliphatic carbocycles. The van der Waals surface area contributed by atoms with E-state index < -0.39 is 4.92 Å². The molecule has 1 aromatic carbocycles. The number of nitrogens with one attached hydrogen (secondary N) is 2. The standard InChI is InChI=1S/C16H20N8O3S/c17-23-15(20-19-12-4-2-1-3-5-12)21-22-16(23)28-10-14(25)18-11-6-8-13(9-7-11)24(26)27/h6-9H,1-5,10,17H2,(H,18,25)(H,20,21). The maximum atomic E-state index is 12.1. The van der Waals surface area contributed by atoms with Crippen molar-refractivity contribution in [1.82, 2.24) is 14.9 Å². The average Bonchev–Trinajstić information content (AvgIpc) is 3.05. The summed E-state index contributed by atoms with van der Waals surface area (Å²) in [5.74, 6) is 6.01. The Morgan fingerprint density at radius 1 is 1.25 bits per heavy atom. The van der Waals surface area contributed by atoms with Gasteiger partial charge in [0, 0.05) is 23.5 Å². The number of hydrogen-bond acceptors (Lipinski definition) is 9. The molecule has 0 bridgehead atoms. The highest BCUT2D eigenvalue weighted by atomic mass is 32.2. The van der Waals surface area contributed by atoms with E-state index in [0.29, 0.717) is 16.8 Å². The monoisotopic (exact) mass is 404 g/mol. The summed E-state index contributed by atoms with van der Waals surface area (Å²) in [7, 11) is 0. The van der Waals surface area contributed by atoms with Crippen LogP contribution in [-0.2, 0) is 4.79 Å². The molecule has 4 N–H and O–H groups in total. The number of benzene rings is 1. The topological polar surface area (TPSA) is 153 Å². The number of nitrogen functional groups attached to an aromatic ring is 1. The summed E-state index contributed by atoms with van der Waals surface area (Å²) < 4.78 is 1.25. The Morgan fingerprint density at radius 2 is 1.96 bits per heavy atom. The number of carbonyl (C=O) groups excluding carboxylic acids is 1. The highest BCUT2D eigenvalue weighted by molar-refractivity contribution is 7.99. The van der Waals surface area contributed by atoms with Crippen molar-refractivity contribution in [2.45, 2.75) is 37.3 Å². The van der Waals surface area contributed by atoms with Gasteiger partial charge in [0.1, 0.15) is 0 Å². The van der Waals surface area contributed by atoms with Crippen LogP contribution in [0.4, 0.5) is 17.3 Å². The third kappa shape index (κ3) is 5.19. The lowest BCUT2D eigenvalue weighted by Gasteiger charge is -2.12. The summed E-state index contributed by atoms with van der Waals surface area (Å²) in [6.45, 7) is 0. The van der Waals surface area contributed by atoms with Crippen LogP contribution in [-0.4, -0.2) is 37.2 Å². The minimum Gasteiger partial charge on any atom is -0.334 e. The second-order valence-corrected chi connectivity index (χ2v) is 7.11. The lowest BCUT2D eigenvalue weighted by atomic mass is 9.99. The van der Waals surface area contributed by atoms with E-state index in [1.54, 1.807) is 0 Å². The summed E-state index contributed by atoms with van der Waals surface area (Å²) in [6, 6.07) is 5.59. The highest BCUT2D eigenvalue weighted by Gasteiger charge is 2.13. The van der Waals surface area contributed by atoms with Gasteiger partial charge in [-0.05, 0) is 37.8 Å². The first-order chi connectivity index (χ1) is 13.5. The first kappa shape index (κ1) is 19.6. The first-order valence-corrected chi connectivity index (χ1v) is 9.70. The van der Waals surface area contributed by atoms with Crippen LogP contribution in [0.15, 0.2) is 34.5 Å². The molecule has 2 aromatic rings. The Hall–Kier alpha value is -3.15. The van der Waals surface area contributed by atoms with Crippen LogP contribution >= 0.6 is 11.8 Å². The molecule has 12 heteroatoms. The number of non-ortho nitro benzene ring substituents is 1. The molecule has 0 aliphatic heterocycles. The van der Waals surface area contributed by atoms with Crippen molar-refractivity contribution in [2.75, 3.05) is 22.3 Å². The number of hydrazone groups is 1. The zero-order chi connectivity index (χ0) is 19.9. The minimum atomic E-state index is -0.500. The third-order valence-electron chi connectivity index (χ3n) is 4.10. The molecule has 0 unspecified atom stereocenters. The fourth-order valence-corrected chi connectivity index (χ4v) is 3.30. The Balaban J connectivity index is 1.50. The van der Waals surface area contributed by atoms with Crippen molar-refractivity contribution < 1.29 is 9.72 Å². The number of carbonyl (C=O) groups is 1. The number of aromatic nitrogens is 3. The number of nitrogens with zero attached hydrogens (tertiary/aromatic N) is 5. The predicted octanol–water partition coefficient (Wildman–Crippen LogP) is 2.36. The van der Waals surface area contributed by atoms with Gasteiger partial charge in [0.25, 0.3) is 11.6 Å². The lowest BCUT2D eigenvalue weighted by Crippen LogP contribution is -2.17. The first-order valence-electron chi connectivity index (χ1n) is 8.72. The largest absolute Gasteiger partial charge is 0.334 e. The van der Waals surface area contributed by atoms with Crippen LogP contribution in [0.3, 0.4) is 0 Å². The molecule has 1 fully saturated rings. The summed E-state index contributed by atoms with van der Waals surface area (Å²) in [5, 5.41) is 25.9. The molecular formula is C16H20N8O3S. The summed E-state index contributed by atoms with van der Waals surface area (Å²) >= 11 is 1.12. The van der Waals surface area contributed by atoms with Crippen molar-refractivity contribution in [1.29, 1.82) is 0 Å². The Morgan fingerprint density at radius 3 is 2.64 bits per heavy atom. The maximum Gasteiger partial charge on any atom is 0.269 e. The number of rotatable bonds is 7. The zero-order valence-electron chi connectivity index (χ0n) is 15.0. The molecule has 1 amide bonds. The van der Waals surface area contributed by atoms with E-state index >= 15 is 0 Å². The van der Waals surface area contributed by atoms with Gasteiger partial charge in [0.05, 0.1) is 10.7 Å². The van der Waals surface area contributed by atoms with Crippen molar-refractivity contribution in [3.05, 3.63) is 34.4 Å².